The molecule has 11 heteroatoms. The molecule has 180 valence electrons. The van der Waals surface area contributed by atoms with Gasteiger partial charge in [-0.1, -0.05) is 12.1 Å². The largest absolute Gasteiger partial charge is 0.378 e. The summed E-state index contributed by atoms with van der Waals surface area (Å²) in [7, 11) is 0. The van der Waals surface area contributed by atoms with Crippen molar-refractivity contribution in [2.75, 3.05) is 31.2 Å². The Morgan fingerprint density at radius 3 is 2.80 bits per heavy atom. The first-order valence-electron chi connectivity index (χ1n) is 11.8. The van der Waals surface area contributed by atoms with Crippen molar-refractivity contribution < 1.29 is 14.1 Å². The number of hydrogen-bond acceptors (Lipinski definition) is 9. The van der Waals surface area contributed by atoms with Gasteiger partial charge in [0.05, 0.1) is 24.8 Å². The van der Waals surface area contributed by atoms with Gasteiger partial charge in [0, 0.05) is 36.3 Å². The fourth-order valence-corrected chi connectivity index (χ4v) is 4.18. The van der Waals surface area contributed by atoms with E-state index in [1.54, 1.807) is 12.1 Å². The number of nitrogens with one attached hydrogen (secondary N) is 2. The number of pyridine rings is 1. The van der Waals surface area contributed by atoms with Crippen molar-refractivity contribution in [2.45, 2.75) is 38.1 Å². The van der Waals surface area contributed by atoms with Gasteiger partial charge in [0.25, 0.3) is 5.91 Å². The summed E-state index contributed by atoms with van der Waals surface area (Å²) in [5, 5.41) is 7.07. The Bertz CT molecular complexity index is 1390. The van der Waals surface area contributed by atoms with Crippen LogP contribution < -0.4 is 10.2 Å². The van der Waals surface area contributed by atoms with E-state index in [-0.39, 0.29) is 17.0 Å². The smallest absolute Gasteiger partial charge is 0.270 e. The average Bonchev–Trinajstić information content (AvgIpc) is 3.28. The van der Waals surface area contributed by atoms with Crippen molar-refractivity contribution in [1.82, 2.24) is 35.4 Å². The third-order valence-electron chi connectivity index (χ3n) is 6.73. The normalized spacial score (nSPS) is 17.9. The lowest BCUT2D eigenvalue weighted by atomic mass is 10.1. The van der Waals surface area contributed by atoms with Gasteiger partial charge in [0.1, 0.15) is 23.5 Å². The molecule has 35 heavy (non-hydrogen) atoms. The number of anilines is 1. The standard InChI is InChI=1S/C24H26N8O3/c1-14(27-23(33)17-12-20(26-13-25-17)32-7-9-34-10-8-32)18-11-16(31-35-18)22-28-15-3-4-19(24(2)5-6-24)29-21(15)30-22/h3-4,11-14H,5-10H2,1-2H3,(H,27,33)(H,28,29,30). The van der Waals surface area contributed by atoms with Gasteiger partial charge in [-0.05, 0) is 31.9 Å². The SMILES string of the molecule is CC(NC(=O)c1cc(N2CCOCC2)ncn1)c1cc(-c2nc3nc(C4(C)CC4)ccc3[nH]2)no1. The number of ether oxygens (including phenoxy) is 1. The fraction of sp³-hybridized carbons (Fsp3) is 0.417. The summed E-state index contributed by atoms with van der Waals surface area (Å²) in [5.41, 5.74) is 3.59. The van der Waals surface area contributed by atoms with E-state index in [1.165, 1.54) is 6.33 Å². The van der Waals surface area contributed by atoms with Crippen molar-refractivity contribution >= 4 is 22.9 Å². The molecule has 1 aliphatic carbocycles. The number of H-pyrrole nitrogens is 1. The number of hydrogen-bond donors (Lipinski definition) is 2. The maximum absolute atomic E-state index is 12.8. The van der Waals surface area contributed by atoms with Gasteiger partial charge < -0.3 is 24.5 Å². The van der Waals surface area contributed by atoms with Crippen LogP contribution in [-0.4, -0.2) is 62.3 Å². The third-order valence-corrected chi connectivity index (χ3v) is 6.73. The van der Waals surface area contributed by atoms with E-state index in [2.05, 4.69) is 48.3 Å². The summed E-state index contributed by atoms with van der Waals surface area (Å²) >= 11 is 0. The molecule has 2 fully saturated rings. The Kier molecular flexibility index (Phi) is 5.21. The Morgan fingerprint density at radius 2 is 2.00 bits per heavy atom. The number of amides is 1. The predicted molar refractivity (Wildman–Crippen MR) is 127 cm³/mol. The number of imidazole rings is 1. The molecule has 1 atom stereocenters. The predicted octanol–water partition coefficient (Wildman–Crippen LogP) is 2.78. The van der Waals surface area contributed by atoms with Gasteiger partial charge in [0.15, 0.2) is 17.2 Å². The summed E-state index contributed by atoms with van der Waals surface area (Å²) in [6, 6.07) is 7.10. The number of aromatic nitrogens is 6. The molecule has 0 bridgehead atoms. The van der Waals surface area contributed by atoms with Crippen LogP contribution >= 0.6 is 0 Å². The highest BCUT2D eigenvalue weighted by molar-refractivity contribution is 5.93. The van der Waals surface area contributed by atoms with Crippen LogP contribution in [0.4, 0.5) is 5.82 Å². The second-order valence-corrected chi connectivity index (χ2v) is 9.38. The molecule has 1 unspecified atom stereocenters. The quantitative estimate of drug-likeness (QED) is 0.432. The minimum Gasteiger partial charge on any atom is -0.378 e. The van der Waals surface area contributed by atoms with E-state index in [0.29, 0.717) is 42.0 Å². The molecule has 2 N–H and O–H groups in total. The second kappa shape index (κ2) is 8.42. The van der Waals surface area contributed by atoms with Gasteiger partial charge >= 0.3 is 0 Å². The zero-order valence-electron chi connectivity index (χ0n) is 19.6. The molecule has 6 rings (SSSR count). The van der Waals surface area contributed by atoms with Gasteiger partial charge in [-0.2, -0.15) is 0 Å². The Morgan fingerprint density at radius 1 is 1.17 bits per heavy atom. The maximum Gasteiger partial charge on any atom is 0.270 e. The molecule has 1 aliphatic heterocycles. The summed E-state index contributed by atoms with van der Waals surface area (Å²) in [6.45, 7) is 6.78. The number of morpholine rings is 1. The molecule has 0 spiro atoms. The number of fused-ring (bicyclic) bond motifs is 1. The lowest BCUT2D eigenvalue weighted by Gasteiger charge is -2.27. The number of carbonyl (C=O) groups excluding carboxylic acids is 1. The summed E-state index contributed by atoms with van der Waals surface area (Å²) < 4.78 is 10.9. The van der Waals surface area contributed by atoms with Gasteiger partial charge in [-0.15, -0.1) is 0 Å². The molecular weight excluding hydrogens is 448 g/mol. The highest BCUT2D eigenvalue weighted by atomic mass is 16.5. The van der Waals surface area contributed by atoms with Gasteiger partial charge in [-0.3, -0.25) is 4.79 Å². The molecule has 0 aromatic carbocycles. The summed E-state index contributed by atoms with van der Waals surface area (Å²) in [6.07, 6.45) is 3.71. The van der Waals surface area contributed by atoms with Crippen LogP contribution in [0.5, 0.6) is 0 Å². The number of rotatable bonds is 6. The Hall–Kier alpha value is -3.86. The molecule has 5 heterocycles. The van der Waals surface area contributed by atoms with Crippen molar-refractivity contribution in [3.8, 4) is 11.5 Å². The molecular formula is C24H26N8O3. The molecule has 4 aromatic rings. The van der Waals surface area contributed by atoms with Crippen molar-refractivity contribution in [1.29, 1.82) is 0 Å². The fourth-order valence-electron chi connectivity index (χ4n) is 4.18. The monoisotopic (exact) mass is 474 g/mol. The first-order valence-corrected chi connectivity index (χ1v) is 11.8. The number of aromatic amines is 1. The Labute approximate surface area is 201 Å². The lowest BCUT2D eigenvalue weighted by Crippen LogP contribution is -2.37. The van der Waals surface area contributed by atoms with Crippen LogP contribution in [0, 0.1) is 0 Å². The highest BCUT2D eigenvalue weighted by Gasteiger charge is 2.40. The first kappa shape index (κ1) is 21.7. The number of nitrogens with zero attached hydrogens (tertiary/aromatic N) is 6. The van der Waals surface area contributed by atoms with Crippen LogP contribution in [0.1, 0.15) is 54.7 Å². The average molecular weight is 475 g/mol. The molecule has 1 saturated heterocycles. The zero-order valence-corrected chi connectivity index (χ0v) is 19.6. The van der Waals surface area contributed by atoms with Crippen LogP contribution in [-0.2, 0) is 10.2 Å². The van der Waals surface area contributed by atoms with E-state index in [1.807, 2.05) is 13.0 Å². The van der Waals surface area contributed by atoms with Crippen LogP contribution in [0.3, 0.4) is 0 Å². The van der Waals surface area contributed by atoms with Gasteiger partial charge in [0.2, 0.25) is 0 Å². The highest BCUT2D eigenvalue weighted by Crippen LogP contribution is 2.46. The molecule has 2 aliphatic rings. The lowest BCUT2D eigenvalue weighted by molar-refractivity contribution is 0.0928. The summed E-state index contributed by atoms with van der Waals surface area (Å²) in [5.74, 6) is 1.47. The van der Waals surface area contributed by atoms with E-state index in [9.17, 15) is 4.79 Å². The third kappa shape index (κ3) is 4.23. The van der Waals surface area contributed by atoms with E-state index in [4.69, 9.17) is 14.2 Å². The molecule has 1 saturated carbocycles. The van der Waals surface area contributed by atoms with Crippen LogP contribution in [0.25, 0.3) is 22.7 Å². The first-order chi connectivity index (χ1) is 17.0. The minimum absolute atomic E-state index is 0.175. The van der Waals surface area contributed by atoms with Crippen molar-refractivity contribution in [3.05, 3.63) is 47.7 Å². The van der Waals surface area contributed by atoms with E-state index < -0.39 is 6.04 Å². The summed E-state index contributed by atoms with van der Waals surface area (Å²) in [4.78, 5) is 35.9. The van der Waals surface area contributed by atoms with E-state index in [0.717, 1.165) is 37.1 Å². The van der Waals surface area contributed by atoms with Gasteiger partial charge in [-0.25, -0.2) is 19.9 Å². The number of carbonyl (C=O) groups is 1. The minimum atomic E-state index is -0.422. The molecule has 0 radical (unpaired) electrons. The molecule has 1 amide bonds. The molecule has 4 aromatic heterocycles. The molecule has 11 nitrogen and oxygen atoms in total. The van der Waals surface area contributed by atoms with E-state index >= 15 is 0 Å². The van der Waals surface area contributed by atoms with Crippen molar-refractivity contribution in [2.24, 2.45) is 0 Å². The second-order valence-electron chi connectivity index (χ2n) is 9.38. The van der Waals surface area contributed by atoms with Crippen LogP contribution in [0.2, 0.25) is 0 Å². The van der Waals surface area contributed by atoms with Crippen LogP contribution in [0.15, 0.2) is 35.1 Å². The zero-order chi connectivity index (χ0) is 24.0. The maximum atomic E-state index is 12.8. The topological polar surface area (TPSA) is 135 Å². The Balaban J connectivity index is 1.16. The van der Waals surface area contributed by atoms with Crippen molar-refractivity contribution in [3.63, 3.8) is 0 Å².